The van der Waals surface area contributed by atoms with Crippen molar-refractivity contribution in [3.05, 3.63) is 60.1 Å². The molecule has 5 nitrogen and oxygen atoms in total. The highest BCUT2D eigenvalue weighted by atomic mass is 16.1. The van der Waals surface area contributed by atoms with Gasteiger partial charge in [0.1, 0.15) is 0 Å². The van der Waals surface area contributed by atoms with Crippen LogP contribution in [0.25, 0.3) is 22.0 Å². The number of rotatable bonds is 6. The summed E-state index contributed by atoms with van der Waals surface area (Å²) >= 11 is 0. The zero-order valence-electron chi connectivity index (χ0n) is 19.9. The molecular weight excluding hydrogens is 396 g/mol. The van der Waals surface area contributed by atoms with Gasteiger partial charge in [0.25, 0.3) is 5.91 Å². The van der Waals surface area contributed by atoms with Crippen LogP contribution in [0.2, 0.25) is 0 Å². The second-order valence-corrected chi connectivity index (χ2v) is 10.6. The van der Waals surface area contributed by atoms with E-state index in [0.29, 0.717) is 17.6 Å². The van der Waals surface area contributed by atoms with Crippen molar-refractivity contribution in [2.24, 2.45) is 5.41 Å². The first kappa shape index (κ1) is 22.3. The monoisotopic (exact) mass is 429 g/mol. The summed E-state index contributed by atoms with van der Waals surface area (Å²) < 4.78 is 0. The van der Waals surface area contributed by atoms with Crippen molar-refractivity contribution in [1.29, 1.82) is 0 Å². The van der Waals surface area contributed by atoms with Crippen LogP contribution in [-0.2, 0) is 0 Å². The van der Waals surface area contributed by atoms with Crippen LogP contribution in [0.1, 0.15) is 63.4 Å². The van der Waals surface area contributed by atoms with E-state index in [1.54, 1.807) is 0 Å². The van der Waals surface area contributed by atoms with Crippen molar-refractivity contribution in [2.75, 3.05) is 5.32 Å². The van der Waals surface area contributed by atoms with Crippen LogP contribution in [0.4, 0.5) is 5.95 Å². The van der Waals surface area contributed by atoms with Gasteiger partial charge in [0.15, 0.2) is 0 Å². The third kappa shape index (κ3) is 5.45. The fourth-order valence-corrected chi connectivity index (χ4v) is 4.24. The lowest BCUT2D eigenvalue weighted by Gasteiger charge is -2.32. The Bertz CT molecular complexity index is 1160. The zero-order valence-corrected chi connectivity index (χ0v) is 19.9. The van der Waals surface area contributed by atoms with Crippen molar-refractivity contribution in [1.82, 2.24) is 15.3 Å². The minimum absolute atomic E-state index is 0.00302. The smallest absolute Gasteiger partial charge is 0.251 e. The zero-order chi connectivity index (χ0) is 23.1. The number of anilines is 1. The summed E-state index contributed by atoms with van der Waals surface area (Å²) in [7, 11) is 0. The Morgan fingerprint density at radius 1 is 1.06 bits per heavy atom. The van der Waals surface area contributed by atoms with E-state index in [2.05, 4.69) is 75.7 Å². The van der Waals surface area contributed by atoms with Gasteiger partial charge in [0.2, 0.25) is 5.95 Å². The van der Waals surface area contributed by atoms with Crippen molar-refractivity contribution in [2.45, 2.75) is 66.0 Å². The number of aromatic nitrogens is 2. The summed E-state index contributed by atoms with van der Waals surface area (Å²) in [6.45, 7) is 12.9. The number of aryl methyl sites for hydroxylation is 1. The van der Waals surface area contributed by atoms with E-state index in [1.807, 2.05) is 30.5 Å². The normalized spacial score (nSPS) is 14.4. The fourth-order valence-electron chi connectivity index (χ4n) is 4.24. The number of nitrogens with zero attached hydrogens (tertiary/aromatic N) is 2. The summed E-state index contributed by atoms with van der Waals surface area (Å²) in [5.41, 5.74) is 4.68. The molecule has 0 saturated heterocycles. The molecule has 1 radical (unpaired) electrons. The molecule has 1 aliphatic rings. The predicted molar refractivity (Wildman–Crippen MR) is 132 cm³/mol. The number of carbonyl (C=O) groups excluding carboxylic acids is 1. The van der Waals surface area contributed by atoms with Gasteiger partial charge in [-0.1, -0.05) is 32.9 Å². The molecule has 1 saturated carbocycles. The molecule has 1 fully saturated rings. The Kier molecular flexibility index (Phi) is 5.70. The standard InChI is InChI=1S/C27H33N4O/c1-17-7-8-19(24(32)29-21-10-11-21)14-22(17)18-9-12-23-20(13-18)15-28-25(30-23)31-27(5,6)16-26(2,3)4/h7-9,12-16,21H,10-11H2,1-6H3,(H,29,32)(H,28,30,31). The van der Waals surface area contributed by atoms with Gasteiger partial charge in [0, 0.05) is 28.7 Å². The number of hydrogen-bond acceptors (Lipinski definition) is 4. The van der Waals surface area contributed by atoms with E-state index in [1.165, 1.54) is 0 Å². The number of amides is 1. The lowest BCUT2D eigenvalue weighted by molar-refractivity contribution is 0.0951. The Morgan fingerprint density at radius 2 is 1.81 bits per heavy atom. The van der Waals surface area contributed by atoms with Crippen molar-refractivity contribution >= 4 is 22.8 Å². The van der Waals surface area contributed by atoms with Gasteiger partial charge < -0.3 is 10.6 Å². The Morgan fingerprint density at radius 3 is 2.50 bits per heavy atom. The fraction of sp³-hybridized carbons (Fsp3) is 0.407. The van der Waals surface area contributed by atoms with E-state index in [0.717, 1.165) is 40.4 Å². The van der Waals surface area contributed by atoms with Gasteiger partial charge in [-0.05, 0) is 86.4 Å². The summed E-state index contributed by atoms with van der Waals surface area (Å²) in [4.78, 5) is 21.8. The molecule has 0 unspecified atom stereocenters. The molecule has 5 heteroatoms. The number of fused-ring (bicyclic) bond motifs is 1. The summed E-state index contributed by atoms with van der Waals surface area (Å²) in [5, 5.41) is 7.48. The predicted octanol–water partition coefficient (Wildman–Crippen LogP) is 5.94. The van der Waals surface area contributed by atoms with Crippen LogP contribution in [0.5, 0.6) is 0 Å². The summed E-state index contributed by atoms with van der Waals surface area (Å²) in [5.74, 6) is 0.619. The highest BCUT2D eigenvalue weighted by Gasteiger charge is 2.27. The van der Waals surface area contributed by atoms with Crippen LogP contribution < -0.4 is 10.6 Å². The molecule has 0 spiro atoms. The average molecular weight is 430 g/mol. The van der Waals surface area contributed by atoms with E-state index in [9.17, 15) is 4.79 Å². The van der Waals surface area contributed by atoms with Gasteiger partial charge in [-0.25, -0.2) is 9.97 Å². The van der Waals surface area contributed by atoms with Crippen LogP contribution in [0.15, 0.2) is 42.6 Å². The first-order valence-corrected chi connectivity index (χ1v) is 11.3. The topological polar surface area (TPSA) is 66.9 Å². The van der Waals surface area contributed by atoms with Crippen LogP contribution >= 0.6 is 0 Å². The maximum absolute atomic E-state index is 12.5. The van der Waals surface area contributed by atoms with Gasteiger partial charge in [-0.2, -0.15) is 0 Å². The summed E-state index contributed by atoms with van der Waals surface area (Å²) in [6, 6.07) is 12.4. The molecule has 0 aliphatic heterocycles. The highest BCUT2D eigenvalue weighted by Crippen LogP contribution is 2.30. The van der Waals surface area contributed by atoms with Crippen molar-refractivity contribution in [3.63, 3.8) is 0 Å². The lowest BCUT2D eigenvalue weighted by atomic mass is 9.82. The molecule has 2 N–H and O–H groups in total. The third-order valence-electron chi connectivity index (χ3n) is 5.53. The minimum atomic E-state index is -0.232. The largest absolute Gasteiger partial charge is 0.349 e. The number of hydrogen-bond donors (Lipinski definition) is 2. The van der Waals surface area contributed by atoms with Gasteiger partial charge in [-0.3, -0.25) is 4.79 Å². The van der Waals surface area contributed by atoms with Crippen LogP contribution in [-0.4, -0.2) is 27.5 Å². The molecule has 0 bridgehead atoms. The van der Waals surface area contributed by atoms with E-state index >= 15 is 0 Å². The average Bonchev–Trinajstić information content (AvgIpc) is 3.49. The Hall–Kier alpha value is -2.95. The molecule has 1 aromatic heterocycles. The van der Waals surface area contributed by atoms with Crippen LogP contribution in [0.3, 0.4) is 0 Å². The molecule has 4 rings (SSSR count). The first-order chi connectivity index (χ1) is 15.0. The molecule has 32 heavy (non-hydrogen) atoms. The molecule has 2 aromatic carbocycles. The third-order valence-corrected chi connectivity index (χ3v) is 5.53. The molecule has 0 atom stereocenters. The quantitative estimate of drug-likeness (QED) is 0.509. The summed E-state index contributed by atoms with van der Waals surface area (Å²) in [6.07, 6.45) is 6.29. The first-order valence-electron chi connectivity index (χ1n) is 11.3. The molecule has 167 valence electrons. The molecule has 1 aliphatic carbocycles. The molecule has 3 aromatic rings. The molecule has 1 amide bonds. The highest BCUT2D eigenvalue weighted by molar-refractivity contribution is 5.96. The maximum atomic E-state index is 12.5. The Labute approximate surface area is 191 Å². The lowest BCUT2D eigenvalue weighted by Crippen LogP contribution is -2.36. The van der Waals surface area contributed by atoms with Gasteiger partial charge in [-0.15, -0.1) is 0 Å². The second-order valence-electron chi connectivity index (χ2n) is 10.6. The van der Waals surface area contributed by atoms with Crippen molar-refractivity contribution in [3.8, 4) is 11.1 Å². The number of benzene rings is 2. The second kappa shape index (κ2) is 8.19. The minimum Gasteiger partial charge on any atom is -0.349 e. The number of nitrogens with one attached hydrogen (secondary N) is 2. The van der Waals surface area contributed by atoms with E-state index in [4.69, 9.17) is 4.98 Å². The van der Waals surface area contributed by atoms with Gasteiger partial charge in [0.05, 0.1) is 5.52 Å². The maximum Gasteiger partial charge on any atom is 0.251 e. The SMILES string of the molecule is Cc1ccc(C(=O)NC2CC2)cc1-c1ccc2nc(NC(C)(C)[CH]C(C)(C)C)ncc2c1. The van der Waals surface area contributed by atoms with E-state index < -0.39 is 0 Å². The Balaban J connectivity index is 1.59. The number of carbonyl (C=O) groups is 1. The molecule has 1 heterocycles. The molecular formula is C27H33N4O. The van der Waals surface area contributed by atoms with E-state index in [-0.39, 0.29) is 16.9 Å². The van der Waals surface area contributed by atoms with Crippen LogP contribution in [0, 0.1) is 18.8 Å². The van der Waals surface area contributed by atoms with Crippen molar-refractivity contribution < 1.29 is 4.79 Å². The van der Waals surface area contributed by atoms with Gasteiger partial charge >= 0.3 is 0 Å².